The minimum absolute atomic E-state index is 0.120. The lowest BCUT2D eigenvalue weighted by atomic mass is 9.58. The van der Waals surface area contributed by atoms with Crippen molar-refractivity contribution in [3.8, 4) is 0 Å². The van der Waals surface area contributed by atoms with Crippen LogP contribution in [0.2, 0.25) is 0 Å². The summed E-state index contributed by atoms with van der Waals surface area (Å²) < 4.78 is 19.4. The van der Waals surface area contributed by atoms with E-state index in [1.54, 1.807) is 0 Å². The summed E-state index contributed by atoms with van der Waals surface area (Å²) in [6, 6.07) is 0. The van der Waals surface area contributed by atoms with Gasteiger partial charge in [0.05, 0.1) is 36.4 Å². The smallest absolute Gasteiger partial charge is 0.450 e. The van der Waals surface area contributed by atoms with Crippen LogP contribution < -0.4 is 16.0 Å². The molecule has 4 rings (SSSR count). The van der Waals surface area contributed by atoms with E-state index >= 15 is 0 Å². The van der Waals surface area contributed by atoms with Crippen molar-refractivity contribution >= 4 is 39.1 Å². The normalized spacial score (nSPS) is 15.3. The Kier molecular flexibility index (Phi) is 13.5. The number of nitrogens with zero attached hydrogens (tertiary/aromatic N) is 6. The van der Waals surface area contributed by atoms with Gasteiger partial charge in [-0.3, -0.25) is 29.3 Å². The number of rotatable bonds is 15. The maximum atomic E-state index is 13.3. The van der Waals surface area contributed by atoms with Crippen LogP contribution >= 0.6 is 0 Å². The second-order valence-electron chi connectivity index (χ2n) is 12.9. The largest absolute Gasteiger partial charge is 0.453 e. The maximum absolute atomic E-state index is 13.3. The van der Waals surface area contributed by atoms with Gasteiger partial charge in [0.2, 0.25) is 0 Å². The number of amides is 3. The Morgan fingerprint density at radius 1 is 0.521 bits per heavy atom. The molecule has 1 saturated heterocycles. The molecular formula is C30H42B3N9O6. The van der Waals surface area contributed by atoms with Crippen LogP contribution in [-0.2, 0) is 13.7 Å². The van der Waals surface area contributed by atoms with E-state index in [1.807, 2.05) is 41.5 Å². The fraction of sp³-hybridized carbons (Fsp3) is 0.500. The first-order chi connectivity index (χ1) is 23.0. The maximum Gasteiger partial charge on any atom is 0.453 e. The quantitative estimate of drug-likeness (QED) is 0.202. The predicted molar refractivity (Wildman–Crippen MR) is 179 cm³/mol. The zero-order valence-electron chi connectivity index (χ0n) is 28.1. The van der Waals surface area contributed by atoms with E-state index in [4.69, 9.17) is 13.7 Å². The highest BCUT2D eigenvalue weighted by Crippen LogP contribution is 2.24. The summed E-state index contributed by atoms with van der Waals surface area (Å²) in [6.45, 7) is 12.1. The second-order valence-corrected chi connectivity index (χ2v) is 12.9. The lowest BCUT2D eigenvalue weighted by Crippen LogP contribution is -2.67. The van der Waals surface area contributed by atoms with Crippen LogP contribution in [0.5, 0.6) is 0 Å². The molecule has 0 aromatic carbocycles. The first-order valence-electron chi connectivity index (χ1n) is 16.2. The molecule has 1 unspecified atom stereocenters. The Bertz CT molecular complexity index is 1280. The number of aromatic nitrogens is 6. The molecule has 3 N–H and O–H groups in total. The van der Waals surface area contributed by atoms with Gasteiger partial charge in [0, 0.05) is 37.2 Å². The van der Waals surface area contributed by atoms with Crippen LogP contribution in [0.25, 0.3) is 0 Å². The van der Waals surface area contributed by atoms with Gasteiger partial charge in [0.1, 0.15) is 17.1 Å². The third-order valence-corrected chi connectivity index (χ3v) is 7.30. The number of carbonyl (C=O) groups excluding carboxylic acids is 3. The molecule has 1 aliphatic rings. The molecule has 3 aromatic heterocycles. The molecule has 1 fully saturated rings. The lowest BCUT2D eigenvalue weighted by Gasteiger charge is -2.40. The highest BCUT2D eigenvalue weighted by atomic mass is 16.7. The molecule has 3 amide bonds. The minimum Gasteiger partial charge on any atom is -0.450 e. The number of nitrogens with one attached hydrogen (secondary N) is 3. The summed E-state index contributed by atoms with van der Waals surface area (Å²) in [5.74, 6) is -3.00. The van der Waals surface area contributed by atoms with Gasteiger partial charge >= 0.3 is 21.4 Å². The Labute approximate surface area is 282 Å². The summed E-state index contributed by atoms with van der Waals surface area (Å²) in [5.41, 5.74) is 0.401. The molecule has 1 aliphatic heterocycles. The van der Waals surface area contributed by atoms with Gasteiger partial charge in [0.25, 0.3) is 17.7 Å². The van der Waals surface area contributed by atoms with Crippen LogP contribution in [0, 0.1) is 17.8 Å². The summed E-state index contributed by atoms with van der Waals surface area (Å²) >= 11 is 0. The minimum atomic E-state index is -1.04. The Morgan fingerprint density at radius 3 is 1.00 bits per heavy atom. The zero-order chi connectivity index (χ0) is 34.6. The monoisotopic (exact) mass is 657 g/mol. The fourth-order valence-corrected chi connectivity index (χ4v) is 5.28. The van der Waals surface area contributed by atoms with Crippen LogP contribution in [-0.4, -0.2) is 86.8 Å². The molecule has 0 saturated carbocycles. The van der Waals surface area contributed by atoms with E-state index in [1.165, 1.54) is 55.8 Å². The van der Waals surface area contributed by atoms with E-state index in [-0.39, 0.29) is 34.8 Å². The number of carbonyl (C=O) groups is 3. The molecule has 18 heteroatoms. The van der Waals surface area contributed by atoms with Gasteiger partial charge < -0.3 is 29.7 Å². The van der Waals surface area contributed by atoms with E-state index in [2.05, 4.69) is 45.9 Å². The topological polar surface area (TPSA) is 192 Å². The molecule has 15 nitrogen and oxygen atoms in total. The molecular weight excluding hydrogens is 615 g/mol. The molecule has 4 heterocycles. The van der Waals surface area contributed by atoms with Crippen molar-refractivity contribution in [2.24, 2.45) is 17.8 Å². The van der Waals surface area contributed by atoms with Crippen molar-refractivity contribution in [1.82, 2.24) is 45.9 Å². The van der Waals surface area contributed by atoms with Crippen LogP contribution in [0.4, 0.5) is 0 Å². The van der Waals surface area contributed by atoms with Gasteiger partial charge in [-0.25, -0.2) is 15.0 Å². The van der Waals surface area contributed by atoms with Gasteiger partial charge in [-0.1, -0.05) is 41.5 Å². The summed E-state index contributed by atoms with van der Waals surface area (Å²) in [5, 5.41) is 9.03. The number of hydrogen-bond acceptors (Lipinski definition) is 12. The Morgan fingerprint density at radius 2 is 0.792 bits per heavy atom. The van der Waals surface area contributed by atoms with E-state index in [9.17, 15) is 14.4 Å². The average Bonchev–Trinajstić information content (AvgIpc) is 3.07. The van der Waals surface area contributed by atoms with Crippen molar-refractivity contribution in [2.75, 3.05) is 0 Å². The molecule has 48 heavy (non-hydrogen) atoms. The summed E-state index contributed by atoms with van der Waals surface area (Å²) in [7, 11) is -3.12. The Balaban J connectivity index is 1.69. The first kappa shape index (κ1) is 36.6. The van der Waals surface area contributed by atoms with Crippen LogP contribution in [0.1, 0.15) is 92.3 Å². The van der Waals surface area contributed by atoms with Crippen molar-refractivity contribution in [1.29, 1.82) is 0 Å². The van der Waals surface area contributed by atoms with Crippen LogP contribution in [0.15, 0.2) is 55.8 Å². The highest BCUT2D eigenvalue weighted by Gasteiger charge is 2.51. The standard InChI is InChI=1S/C30H42B3N9O6/c1-19(2)13-25(40-28(43)22-16-34-7-10-37-22)31-46-32(26(14-20(3)4)41-29(44)23-17-35-8-11-38-23)48-33(47-31)27(15-21(5)6)42-30(45)24-18-36-9-12-39-24/h7-12,16-21,25-27H,13-15H2,1-6H3,(H,40,43)(H,41,44)(H,42,45)/t25-,26-,27?/m0/s1. The second kappa shape index (κ2) is 17.8. The first-order valence-corrected chi connectivity index (χ1v) is 16.2. The predicted octanol–water partition coefficient (Wildman–Crippen LogP) is 2.04. The molecule has 0 radical (unpaired) electrons. The molecule has 3 atom stereocenters. The Hall–Kier alpha value is -4.28. The van der Waals surface area contributed by atoms with E-state index < -0.39 is 56.9 Å². The van der Waals surface area contributed by atoms with Crippen molar-refractivity contribution in [3.63, 3.8) is 0 Å². The van der Waals surface area contributed by atoms with E-state index in [0.717, 1.165) is 0 Å². The van der Waals surface area contributed by atoms with Crippen molar-refractivity contribution in [3.05, 3.63) is 72.9 Å². The summed E-state index contributed by atoms with van der Waals surface area (Å²) in [6.07, 6.45) is 14.3. The van der Waals surface area contributed by atoms with E-state index in [0.29, 0.717) is 19.3 Å². The molecule has 252 valence electrons. The number of hydrogen-bond donors (Lipinski definition) is 3. The zero-order valence-corrected chi connectivity index (χ0v) is 28.1. The third kappa shape index (κ3) is 10.9. The third-order valence-electron chi connectivity index (χ3n) is 7.30. The average molecular weight is 657 g/mol. The van der Waals surface area contributed by atoms with Gasteiger partial charge in [-0.2, -0.15) is 0 Å². The van der Waals surface area contributed by atoms with Crippen molar-refractivity contribution in [2.45, 2.75) is 78.6 Å². The van der Waals surface area contributed by atoms with Gasteiger partial charge in [-0.05, 0) is 37.0 Å². The SMILES string of the molecule is CC(C)CC(NC(=O)c1cnccn1)B1OB([C@H](CC(C)C)NC(=O)c2cnccn2)OB([C@H](CC(C)C)NC(=O)c2cnccn2)O1. The fourth-order valence-electron chi connectivity index (χ4n) is 5.28. The highest BCUT2D eigenvalue weighted by molar-refractivity contribution is 6.75. The van der Waals surface area contributed by atoms with Gasteiger partial charge in [-0.15, -0.1) is 0 Å². The van der Waals surface area contributed by atoms with Crippen LogP contribution in [0.3, 0.4) is 0 Å². The molecule has 0 bridgehead atoms. The molecule has 0 spiro atoms. The molecule has 0 aliphatic carbocycles. The lowest BCUT2D eigenvalue weighted by molar-refractivity contribution is 0.0930. The summed E-state index contributed by atoms with van der Waals surface area (Å²) in [4.78, 5) is 64.4. The molecule has 3 aromatic rings. The van der Waals surface area contributed by atoms with Crippen molar-refractivity contribution < 1.29 is 28.1 Å². The van der Waals surface area contributed by atoms with Gasteiger partial charge in [0.15, 0.2) is 0 Å².